The van der Waals surface area contributed by atoms with Crippen LogP contribution in [0.15, 0.2) is 0 Å². The SMILES string of the molecule is O=C1CCCCCCC(=O)CCCCCOC(=O)OOOCCCC(=O)CCCCCC1. The van der Waals surface area contributed by atoms with Gasteiger partial charge in [0.1, 0.15) is 17.3 Å². The molecule has 0 aromatic heterocycles. The van der Waals surface area contributed by atoms with Crippen molar-refractivity contribution in [2.75, 3.05) is 13.2 Å². The highest BCUT2D eigenvalue weighted by Gasteiger charge is 2.08. The summed E-state index contributed by atoms with van der Waals surface area (Å²) >= 11 is 0. The molecule has 0 radical (unpaired) electrons. The molecule has 32 heavy (non-hydrogen) atoms. The molecule has 1 aliphatic rings. The van der Waals surface area contributed by atoms with Crippen molar-refractivity contribution >= 4 is 23.5 Å². The minimum Gasteiger partial charge on any atom is -0.432 e. The molecule has 8 heteroatoms. The maximum Gasteiger partial charge on any atom is 0.542 e. The number of carbonyl (C=O) groups excluding carboxylic acids is 4. The lowest BCUT2D eigenvalue weighted by atomic mass is 10.0. The standard InChI is InChI=1S/C24H40O8/c25-21-13-6-1-2-8-15-22(26)17-10-5-11-19-29-24(28)31-32-30-20-12-18-23(27)16-9-4-3-7-14-21/h1-20H2. The molecule has 0 amide bonds. The van der Waals surface area contributed by atoms with E-state index in [2.05, 4.69) is 9.93 Å². The third kappa shape index (κ3) is 17.8. The summed E-state index contributed by atoms with van der Waals surface area (Å²) in [5.41, 5.74) is 0. The third-order valence-electron chi connectivity index (χ3n) is 5.48. The van der Waals surface area contributed by atoms with Crippen molar-refractivity contribution in [3.63, 3.8) is 0 Å². The van der Waals surface area contributed by atoms with Gasteiger partial charge in [-0.2, -0.15) is 4.89 Å². The van der Waals surface area contributed by atoms with E-state index in [0.717, 1.165) is 64.2 Å². The molecule has 0 aromatic rings. The molecule has 0 bridgehead atoms. The van der Waals surface area contributed by atoms with Crippen LogP contribution in [0.1, 0.15) is 116 Å². The minimum atomic E-state index is -0.980. The number of Topliss-reactive ketones (excluding diaryl/α,β-unsaturated/α-hetero) is 3. The van der Waals surface area contributed by atoms with Crippen LogP contribution in [0, 0.1) is 0 Å². The Hall–Kier alpha value is -1.80. The Morgan fingerprint density at radius 1 is 0.438 bits per heavy atom. The first-order valence-electron chi connectivity index (χ1n) is 12.3. The summed E-state index contributed by atoms with van der Waals surface area (Å²) in [6.07, 6.45) is 12.4. The number of hydrogen-bond donors (Lipinski definition) is 0. The van der Waals surface area contributed by atoms with Crippen molar-refractivity contribution in [2.24, 2.45) is 0 Å². The molecule has 0 saturated carbocycles. The fourth-order valence-electron chi connectivity index (χ4n) is 3.57. The monoisotopic (exact) mass is 456 g/mol. The fourth-order valence-corrected chi connectivity index (χ4v) is 3.57. The first-order chi connectivity index (χ1) is 15.6. The number of ether oxygens (including phenoxy) is 1. The Kier molecular flexibility index (Phi) is 17.5. The van der Waals surface area contributed by atoms with E-state index in [-0.39, 0.29) is 24.8 Å². The second-order valence-corrected chi connectivity index (χ2v) is 8.43. The smallest absolute Gasteiger partial charge is 0.432 e. The minimum absolute atomic E-state index is 0.134. The fraction of sp³-hybridized carbons (Fsp3) is 0.833. The van der Waals surface area contributed by atoms with E-state index < -0.39 is 6.16 Å². The van der Waals surface area contributed by atoms with Gasteiger partial charge in [-0.1, -0.05) is 25.7 Å². The predicted octanol–water partition coefficient (Wildman–Crippen LogP) is 5.75. The maximum atomic E-state index is 11.9. The van der Waals surface area contributed by atoms with E-state index in [4.69, 9.17) is 9.62 Å². The molecule has 0 aliphatic carbocycles. The van der Waals surface area contributed by atoms with Crippen LogP contribution in [0.2, 0.25) is 0 Å². The van der Waals surface area contributed by atoms with E-state index >= 15 is 0 Å². The molecule has 184 valence electrons. The van der Waals surface area contributed by atoms with Crippen LogP contribution in [0.5, 0.6) is 0 Å². The van der Waals surface area contributed by atoms with Crippen molar-refractivity contribution in [1.82, 2.24) is 0 Å². The molecule has 1 heterocycles. The molecule has 0 spiro atoms. The first kappa shape index (κ1) is 28.2. The lowest BCUT2D eigenvalue weighted by molar-refractivity contribution is -0.486. The van der Waals surface area contributed by atoms with Gasteiger partial charge in [0.25, 0.3) is 0 Å². The van der Waals surface area contributed by atoms with Gasteiger partial charge >= 0.3 is 6.16 Å². The average Bonchev–Trinajstić information content (AvgIpc) is 2.77. The molecule has 1 rings (SSSR count). The van der Waals surface area contributed by atoms with Crippen LogP contribution in [-0.2, 0) is 33.9 Å². The van der Waals surface area contributed by atoms with Crippen LogP contribution < -0.4 is 0 Å². The number of carbonyl (C=O) groups is 4. The Bertz CT molecular complexity index is 410. The second kappa shape index (κ2) is 19.9. The molecular formula is C24H40O8. The summed E-state index contributed by atoms with van der Waals surface area (Å²) in [4.78, 5) is 56.1. The normalized spacial score (nSPS) is 22.2. The number of rotatable bonds is 0. The summed E-state index contributed by atoms with van der Waals surface area (Å²) < 4.78 is 4.84. The molecule has 1 aliphatic heterocycles. The van der Waals surface area contributed by atoms with E-state index in [1.807, 2.05) is 0 Å². The molecule has 1 fully saturated rings. The van der Waals surface area contributed by atoms with Gasteiger partial charge in [-0.05, 0) is 56.4 Å². The summed E-state index contributed by atoms with van der Waals surface area (Å²) in [6, 6.07) is 0. The van der Waals surface area contributed by atoms with E-state index in [0.29, 0.717) is 57.1 Å². The second-order valence-electron chi connectivity index (χ2n) is 8.43. The van der Waals surface area contributed by atoms with Crippen LogP contribution in [0.3, 0.4) is 0 Å². The van der Waals surface area contributed by atoms with Crippen LogP contribution in [0.4, 0.5) is 4.79 Å². The number of cyclic esters (lactones) is 1. The number of hydrogen-bond acceptors (Lipinski definition) is 8. The van der Waals surface area contributed by atoms with Crippen LogP contribution in [0.25, 0.3) is 0 Å². The van der Waals surface area contributed by atoms with Gasteiger partial charge in [0, 0.05) is 38.5 Å². The van der Waals surface area contributed by atoms with Crippen molar-refractivity contribution in [2.45, 2.75) is 116 Å². The lowest BCUT2D eigenvalue weighted by Crippen LogP contribution is -2.10. The molecule has 8 nitrogen and oxygen atoms in total. The molecule has 0 N–H and O–H groups in total. The molecule has 1 saturated heterocycles. The van der Waals surface area contributed by atoms with Crippen molar-refractivity contribution in [3.8, 4) is 0 Å². The van der Waals surface area contributed by atoms with Gasteiger partial charge in [-0.3, -0.25) is 14.4 Å². The Labute approximate surface area is 191 Å². The van der Waals surface area contributed by atoms with Gasteiger partial charge in [0.2, 0.25) is 0 Å². The third-order valence-corrected chi connectivity index (χ3v) is 5.48. The zero-order valence-corrected chi connectivity index (χ0v) is 19.4. The lowest BCUT2D eigenvalue weighted by Gasteiger charge is -2.05. The highest BCUT2D eigenvalue weighted by atomic mass is 17.5. The quantitative estimate of drug-likeness (QED) is 0.335. The predicted molar refractivity (Wildman–Crippen MR) is 118 cm³/mol. The molecule has 0 unspecified atom stereocenters. The van der Waals surface area contributed by atoms with Crippen molar-refractivity contribution < 1.29 is 38.7 Å². The van der Waals surface area contributed by atoms with Crippen molar-refractivity contribution in [3.05, 3.63) is 0 Å². The summed E-state index contributed by atoms with van der Waals surface area (Å²) in [7, 11) is 0. The van der Waals surface area contributed by atoms with Crippen LogP contribution in [-0.4, -0.2) is 36.7 Å². The number of ketones is 3. The highest BCUT2D eigenvalue weighted by Crippen LogP contribution is 2.12. The van der Waals surface area contributed by atoms with E-state index in [1.165, 1.54) is 0 Å². The Morgan fingerprint density at radius 2 is 0.844 bits per heavy atom. The summed E-state index contributed by atoms with van der Waals surface area (Å²) in [5, 5.41) is 4.33. The summed E-state index contributed by atoms with van der Waals surface area (Å²) in [6.45, 7) is 0.318. The van der Waals surface area contributed by atoms with Crippen molar-refractivity contribution in [1.29, 1.82) is 0 Å². The van der Waals surface area contributed by atoms with Gasteiger partial charge in [0.05, 0.1) is 13.2 Å². The Balaban J connectivity index is 2.26. The maximum absolute atomic E-state index is 11.9. The Morgan fingerprint density at radius 3 is 1.31 bits per heavy atom. The topological polar surface area (TPSA) is 105 Å². The van der Waals surface area contributed by atoms with Gasteiger partial charge < -0.3 is 4.74 Å². The van der Waals surface area contributed by atoms with Gasteiger partial charge in [-0.15, -0.1) is 0 Å². The molecular weight excluding hydrogens is 416 g/mol. The van der Waals surface area contributed by atoms with Gasteiger partial charge in [0.15, 0.2) is 0 Å². The largest absolute Gasteiger partial charge is 0.542 e. The molecule has 0 atom stereocenters. The van der Waals surface area contributed by atoms with E-state index in [9.17, 15) is 19.2 Å². The van der Waals surface area contributed by atoms with Crippen LogP contribution >= 0.6 is 0 Å². The zero-order valence-electron chi connectivity index (χ0n) is 19.4. The van der Waals surface area contributed by atoms with Gasteiger partial charge in [-0.25, -0.2) is 9.68 Å². The van der Waals surface area contributed by atoms with E-state index in [1.54, 1.807) is 0 Å². The zero-order chi connectivity index (χ0) is 23.3. The first-order valence-corrected chi connectivity index (χ1v) is 12.3. The highest BCUT2D eigenvalue weighted by molar-refractivity contribution is 5.79. The molecule has 0 aromatic carbocycles. The average molecular weight is 457 g/mol. The summed E-state index contributed by atoms with van der Waals surface area (Å²) in [5.74, 6) is 0.754.